The molecule has 0 radical (unpaired) electrons. The molecule has 0 aliphatic carbocycles. The molecule has 1 saturated heterocycles. The van der Waals surface area contributed by atoms with Crippen LogP contribution in [0.5, 0.6) is 0 Å². The van der Waals surface area contributed by atoms with E-state index in [1.54, 1.807) is 4.90 Å². The van der Waals surface area contributed by atoms with Gasteiger partial charge in [-0.2, -0.15) is 13.2 Å². The number of nitrogens with zero attached hydrogens (tertiary/aromatic N) is 2. The third-order valence-corrected chi connectivity index (χ3v) is 3.68. The largest absolute Gasteiger partial charge is 0.417 e. The molecule has 1 N–H and O–H groups in total. The quantitative estimate of drug-likeness (QED) is 0.905. The van der Waals surface area contributed by atoms with Gasteiger partial charge in [-0.05, 0) is 6.07 Å². The predicted molar refractivity (Wildman–Crippen MR) is 74.8 cm³/mol. The fourth-order valence-corrected chi connectivity index (χ4v) is 2.43. The van der Waals surface area contributed by atoms with E-state index in [1.807, 2.05) is 0 Å². The lowest BCUT2D eigenvalue weighted by Crippen LogP contribution is -2.46. The number of hydrogen-bond donors (Lipinski definition) is 1. The monoisotopic (exact) mass is 337 g/mol. The van der Waals surface area contributed by atoms with Crippen LogP contribution in [0.25, 0.3) is 0 Å². The molecule has 0 bridgehead atoms. The predicted octanol–water partition coefficient (Wildman–Crippen LogP) is 1.34. The van der Waals surface area contributed by atoms with Crippen LogP contribution in [0, 0.1) is 0 Å². The van der Waals surface area contributed by atoms with Gasteiger partial charge in [-0.15, -0.1) is 0 Å². The van der Waals surface area contributed by atoms with Crippen LogP contribution in [-0.2, 0) is 17.5 Å². The van der Waals surface area contributed by atoms with Crippen molar-refractivity contribution in [1.82, 2.24) is 14.8 Å². The van der Waals surface area contributed by atoms with Crippen molar-refractivity contribution in [1.29, 1.82) is 0 Å². The number of rotatable bonds is 3. The van der Waals surface area contributed by atoms with Crippen molar-refractivity contribution in [3.8, 4) is 0 Å². The van der Waals surface area contributed by atoms with Gasteiger partial charge >= 0.3 is 6.18 Å². The lowest BCUT2D eigenvalue weighted by molar-refractivity contribution is -0.138. The Kier molecular flexibility index (Phi) is 5.12. The molecule has 0 aromatic carbocycles. The summed E-state index contributed by atoms with van der Waals surface area (Å²) < 4.78 is 39.0. The van der Waals surface area contributed by atoms with Crippen molar-refractivity contribution in [3.63, 3.8) is 0 Å². The summed E-state index contributed by atoms with van der Waals surface area (Å²) in [5.74, 6) is -0.193. The van der Waals surface area contributed by atoms with Gasteiger partial charge in [0.25, 0.3) is 5.56 Å². The number of nitrogens with one attached hydrogen (secondary N) is 1. The van der Waals surface area contributed by atoms with Crippen LogP contribution in [0.3, 0.4) is 0 Å². The van der Waals surface area contributed by atoms with E-state index >= 15 is 0 Å². The third kappa shape index (κ3) is 4.01. The second-order valence-electron chi connectivity index (χ2n) is 4.95. The number of amides is 1. The highest BCUT2D eigenvalue weighted by Gasteiger charge is 2.32. The molecule has 1 aromatic heterocycles. The molecular formula is C13H15ClF3N3O2. The molecule has 0 saturated carbocycles. The molecule has 5 nitrogen and oxygen atoms in total. The fourth-order valence-electron chi connectivity index (χ4n) is 2.21. The number of alkyl halides is 3. The summed E-state index contributed by atoms with van der Waals surface area (Å²) >= 11 is 5.55. The number of pyridine rings is 1. The molecule has 1 fully saturated rings. The Morgan fingerprint density at radius 2 is 1.95 bits per heavy atom. The van der Waals surface area contributed by atoms with Crippen molar-refractivity contribution in [2.45, 2.75) is 19.1 Å². The van der Waals surface area contributed by atoms with Gasteiger partial charge in [-0.1, -0.05) is 11.6 Å². The Balaban J connectivity index is 2.10. The number of hydrogen-bond acceptors (Lipinski definition) is 3. The molecule has 1 aliphatic heterocycles. The number of halogens is 4. The molecule has 0 atom stereocenters. The molecule has 0 unspecified atom stereocenters. The molecular weight excluding hydrogens is 323 g/mol. The van der Waals surface area contributed by atoms with Gasteiger partial charge in [0.1, 0.15) is 5.02 Å². The maximum absolute atomic E-state index is 12.7. The van der Waals surface area contributed by atoms with E-state index in [0.29, 0.717) is 38.4 Å². The molecule has 2 heterocycles. The number of piperazine rings is 1. The van der Waals surface area contributed by atoms with Crippen LogP contribution >= 0.6 is 11.6 Å². The average Bonchev–Trinajstić information content (AvgIpc) is 2.48. The van der Waals surface area contributed by atoms with E-state index in [-0.39, 0.29) is 18.9 Å². The summed E-state index contributed by atoms with van der Waals surface area (Å²) in [5, 5.41) is 2.58. The van der Waals surface area contributed by atoms with Crippen LogP contribution in [-0.4, -0.2) is 41.6 Å². The molecule has 9 heteroatoms. The smallest absolute Gasteiger partial charge is 0.340 e. The number of carbonyl (C=O) groups is 1. The van der Waals surface area contributed by atoms with E-state index < -0.39 is 22.3 Å². The van der Waals surface area contributed by atoms with Crippen LogP contribution < -0.4 is 10.9 Å². The summed E-state index contributed by atoms with van der Waals surface area (Å²) in [6.45, 7) is 2.33. The molecule has 2 rings (SSSR count). The van der Waals surface area contributed by atoms with E-state index in [9.17, 15) is 22.8 Å². The maximum atomic E-state index is 12.7. The molecule has 1 amide bonds. The van der Waals surface area contributed by atoms with E-state index in [2.05, 4.69) is 5.32 Å². The van der Waals surface area contributed by atoms with E-state index in [0.717, 1.165) is 4.57 Å². The van der Waals surface area contributed by atoms with Gasteiger partial charge in [-0.25, -0.2) is 0 Å². The zero-order valence-corrected chi connectivity index (χ0v) is 12.4. The van der Waals surface area contributed by atoms with Gasteiger partial charge in [0.05, 0.1) is 5.56 Å². The maximum Gasteiger partial charge on any atom is 0.417 e. The Hall–Kier alpha value is -1.54. The lowest BCUT2D eigenvalue weighted by Gasteiger charge is -2.27. The average molecular weight is 338 g/mol. The standard InChI is InChI=1S/C13H15ClF3N3O2/c14-10-7-9(13(15,16)17)8-20(12(10)22)4-1-11(21)19-5-2-18-3-6-19/h7-8,18H,1-6H2. The first-order valence-corrected chi connectivity index (χ1v) is 7.12. The van der Waals surface area contributed by atoms with Gasteiger partial charge in [-0.3, -0.25) is 9.59 Å². The first-order chi connectivity index (χ1) is 10.3. The van der Waals surface area contributed by atoms with Crippen molar-refractivity contribution in [2.24, 2.45) is 0 Å². The van der Waals surface area contributed by atoms with Crippen LogP contribution in [0.2, 0.25) is 5.02 Å². The Labute approximate surface area is 129 Å². The zero-order chi connectivity index (χ0) is 16.3. The van der Waals surface area contributed by atoms with Gasteiger partial charge in [0, 0.05) is 45.3 Å². The lowest BCUT2D eigenvalue weighted by atomic mass is 10.2. The van der Waals surface area contributed by atoms with Gasteiger partial charge in [0.15, 0.2) is 0 Å². The summed E-state index contributed by atoms with van der Waals surface area (Å²) in [7, 11) is 0. The van der Waals surface area contributed by atoms with Gasteiger partial charge in [0.2, 0.25) is 5.91 Å². The fraction of sp³-hybridized carbons (Fsp3) is 0.538. The number of aryl methyl sites for hydroxylation is 1. The first-order valence-electron chi connectivity index (χ1n) is 6.74. The summed E-state index contributed by atoms with van der Waals surface area (Å²) in [6, 6.07) is 0.596. The minimum absolute atomic E-state index is 0.0441. The van der Waals surface area contributed by atoms with Crippen LogP contribution in [0.4, 0.5) is 13.2 Å². The van der Waals surface area contributed by atoms with E-state index in [4.69, 9.17) is 11.6 Å². The second kappa shape index (κ2) is 6.70. The molecule has 1 aromatic rings. The van der Waals surface area contributed by atoms with Crippen molar-refractivity contribution < 1.29 is 18.0 Å². The SMILES string of the molecule is O=C(CCn1cc(C(F)(F)F)cc(Cl)c1=O)N1CCNCC1. The Morgan fingerprint density at radius 3 is 2.55 bits per heavy atom. The number of carbonyl (C=O) groups excluding carboxylic acids is 1. The summed E-state index contributed by atoms with van der Waals surface area (Å²) in [5.41, 5.74) is -1.74. The molecule has 1 aliphatic rings. The highest BCUT2D eigenvalue weighted by Crippen LogP contribution is 2.29. The molecule has 22 heavy (non-hydrogen) atoms. The zero-order valence-electron chi connectivity index (χ0n) is 11.6. The first kappa shape index (κ1) is 16.8. The van der Waals surface area contributed by atoms with Crippen molar-refractivity contribution >= 4 is 17.5 Å². The Bertz CT molecular complexity index is 610. The topological polar surface area (TPSA) is 54.3 Å². The van der Waals surface area contributed by atoms with Crippen molar-refractivity contribution in [3.05, 3.63) is 33.2 Å². The second-order valence-corrected chi connectivity index (χ2v) is 5.36. The van der Waals surface area contributed by atoms with Crippen LogP contribution in [0.1, 0.15) is 12.0 Å². The third-order valence-electron chi connectivity index (χ3n) is 3.41. The van der Waals surface area contributed by atoms with Crippen molar-refractivity contribution in [2.75, 3.05) is 26.2 Å². The molecule has 0 spiro atoms. The molecule has 122 valence electrons. The summed E-state index contributed by atoms with van der Waals surface area (Å²) in [6.07, 6.45) is -3.95. The Morgan fingerprint density at radius 1 is 1.32 bits per heavy atom. The van der Waals surface area contributed by atoms with E-state index in [1.165, 1.54) is 0 Å². The van der Waals surface area contributed by atoms with Gasteiger partial charge < -0.3 is 14.8 Å². The van der Waals surface area contributed by atoms with Crippen LogP contribution in [0.15, 0.2) is 17.1 Å². The minimum atomic E-state index is -4.60. The normalized spacial score (nSPS) is 15.9. The highest BCUT2D eigenvalue weighted by molar-refractivity contribution is 6.30. The summed E-state index contributed by atoms with van der Waals surface area (Å²) in [4.78, 5) is 25.4. The highest BCUT2D eigenvalue weighted by atomic mass is 35.5. The minimum Gasteiger partial charge on any atom is -0.340 e. The number of aromatic nitrogens is 1.